The molecule has 0 saturated carbocycles. The summed E-state index contributed by atoms with van der Waals surface area (Å²) in [6.45, 7) is 2.84. The number of hydrogen-bond donors (Lipinski definition) is 1. The van der Waals surface area contributed by atoms with Crippen LogP contribution in [0.3, 0.4) is 0 Å². The van der Waals surface area contributed by atoms with E-state index in [0.717, 1.165) is 0 Å². The second-order valence-electron chi connectivity index (χ2n) is 8.41. The fourth-order valence-electron chi connectivity index (χ4n) is 4.41. The highest BCUT2D eigenvalue weighted by Gasteiger charge is 2.40. The lowest BCUT2D eigenvalue weighted by Gasteiger charge is -2.31. The van der Waals surface area contributed by atoms with Crippen LogP contribution in [0.1, 0.15) is 31.1 Å². The van der Waals surface area contributed by atoms with Crippen molar-refractivity contribution in [3.05, 3.63) is 63.0 Å². The quantitative estimate of drug-likeness (QED) is 0.450. The van der Waals surface area contributed by atoms with Crippen LogP contribution in [0.15, 0.2) is 45.6 Å². The van der Waals surface area contributed by atoms with Gasteiger partial charge in [-0.05, 0) is 56.1 Å². The maximum atomic E-state index is 14.0. The molecule has 0 amide bonds. The van der Waals surface area contributed by atoms with Crippen molar-refractivity contribution in [2.75, 3.05) is 19.7 Å². The molecule has 4 rings (SSSR count). The van der Waals surface area contributed by atoms with E-state index >= 15 is 0 Å². The van der Waals surface area contributed by atoms with Crippen LogP contribution < -0.4 is 5.43 Å². The average molecular weight is 510 g/mol. The molecule has 6 nitrogen and oxygen atoms in total. The Labute approximate surface area is 203 Å². The number of alkyl halides is 3. The van der Waals surface area contributed by atoms with Crippen molar-refractivity contribution in [2.24, 2.45) is 5.92 Å². The molecule has 0 radical (unpaired) electrons. The molecule has 1 fully saturated rings. The highest BCUT2D eigenvalue weighted by atomic mass is 35.5. The number of aromatic hydroxyl groups is 1. The fraction of sp³-hybridized carbons (Fsp3) is 0.360. The molecule has 186 valence electrons. The average Bonchev–Trinajstić information content (AvgIpc) is 2.81. The van der Waals surface area contributed by atoms with Crippen LogP contribution in [0.2, 0.25) is 5.02 Å². The molecule has 1 atom stereocenters. The van der Waals surface area contributed by atoms with Gasteiger partial charge in [0.2, 0.25) is 11.2 Å². The molecule has 2 aromatic carbocycles. The first-order valence-electron chi connectivity index (χ1n) is 11.1. The predicted molar refractivity (Wildman–Crippen MR) is 124 cm³/mol. The summed E-state index contributed by atoms with van der Waals surface area (Å²) in [4.78, 5) is 27.3. The summed E-state index contributed by atoms with van der Waals surface area (Å²) in [6.07, 6.45) is -3.66. The lowest BCUT2D eigenvalue weighted by molar-refractivity contribution is -0.152. The molecular formula is C25H23ClF3NO5. The van der Waals surface area contributed by atoms with Crippen LogP contribution in [-0.2, 0) is 22.3 Å². The van der Waals surface area contributed by atoms with Gasteiger partial charge in [0.15, 0.2) is 0 Å². The van der Waals surface area contributed by atoms with Gasteiger partial charge in [0.1, 0.15) is 11.3 Å². The standard InChI is InChI=1S/C25H23ClF3NO5/c1-2-34-24(33)15-4-3-11-30(12-15)13-18-19(31)10-9-17-21(32)20(14-5-7-16(26)8-6-14)23(25(27,28)29)35-22(17)18/h5-10,15,31H,2-4,11-13H2,1H3. The Kier molecular flexibility index (Phi) is 7.10. The van der Waals surface area contributed by atoms with E-state index < -0.39 is 22.9 Å². The number of benzene rings is 2. The molecule has 2 heterocycles. The van der Waals surface area contributed by atoms with Crippen molar-refractivity contribution in [3.63, 3.8) is 0 Å². The van der Waals surface area contributed by atoms with Crippen molar-refractivity contribution in [3.8, 4) is 16.9 Å². The molecule has 1 N–H and O–H groups in total. The predicted octanol–water partition coefficient (Wildman–Crippen LogP) is 5.61. The Balaban J connectivity index is 1.82. The van der Waals surface area contributed by atoms with Gasteiger partial charge in [0.25, 0.3) is 0 Å². The summed E-state index contributed by atoms with van der Waals surface area (Å²) in [5, 5.41) is 10.7. The van der Waals surface area contributed by atoms with Crippen LogP contribution in [0.4, 0.5) is 13.2 Å². The van der Waals surface area contributed by atoms with Crippen LogP contribution in [0.5, 0.6) is 5.75 Å². The van der Waals surface area contributed by atoms with E-state index in [1.807, 2.05) is 4.90 Å². The highest BCUT2D eigenvalue weighted by Crippen LogP contribution is 2.39. The number of rotatable bonds is 5. The lowest BCUT2D eigenvalue weighted by atomic mass is 9.97. The number of piperidine rings is 1. The molecule has 1 saturated heterocycles. The molecule has 1 aromatic heterocycles. The largest absolute Gasteiger partial charge is 0.507 e. The summed E-state index contributed by atoms with van der Waals surface area (Å²) >= 11 is 5.86. The zero-order valence-electron chi connectivity index (χ0n) is 18.8. The summed E-state index contributed by atoms with van der Waals surface area (Å²) < 4.78 is 52.6. The van der Waals surface area contributed by atoms with Gasteiger partial charge >= 0.3 is 12.1 Å². The molecule has 0 bridgehead atoms. The number of carbonyl (C=O) groups excluding carboxylic acids is 1. The number of phenolic OH excluding ortho intramolecular Hbond substituents is 1. The zero-order chi connectivity index (χ0) is 25.3. The van der Waals surface area contributed by atoms with Gasteiger partial charge in [-0.2, -0.15) is 13.2 Å². The number of likely N-dealkylation sites (tertiary alicyclic amines) is 1. The molecule has 1 aliphatic heterocycles. The Morgan fingerprint density at radius 1 is 1.23 bits per heavy atom. The number of nitrogens with zero attached hydrogens (tertiary/aromatic N) is 1. The molecule has 0 aliphatic carbocycles. The SMILES string of the molecule is CCOC(=O)C1CCCN(Cc2c(O)ccc3c(=O)c(-c4ccc(Cl)cc4)c(C(F)(F)F)oc23)C1. The van der Waals surface area contributed by atoms with Crippen molar-refractivity contribution in [1.82, 2.24) is 4.90 Å². The number of phenols is 1. The number of esters is 1. The van der Waals surface area contributed by atoms with Crippen LogP contribution in [-0.4, -0.2) is 35.7 Å². The highest BCUT2D eigenvalue weighted by molar-refractivity contribution is 6.30. The van der Waals surface area contributed by atoms with E-state index in [1.165, 1.54) is 36.4 Å². The van der Waals surface area contributed by atoms with E-state index in [4.69, 9.17) is 20.8 Å². The molecule has 3 aromatic rings. The fourth-order valence-corrected chi connectivity index (χ4v) is 4.54. The normalized spacial score (nSPS) is 17.0. The van der Waals surface area contributed by atoms with E-state index in [1.54, 1.807) is 6.92 Å². The smallest absolute Gasteiger partial charge is 0.450 e. The summed E-state index contributed by atoms with van der Waals surface area (Å²) in [5.41, 5.74) is -1.76. The monoisotopic (exact) mass is 509 g/mol. The van der Waals surface area contributed by atoms with E-state index in [9.17, 15) is 27.9 Å². The molecule has 1 unspecified atom stereocenters. The van der Waals surface area contributed by atoms with Gasteiger partial charge in [0.05, 0.1) is 29.0 Å². The number of carbonyl (C=O) groups is 1. The van der Waals surface area contributed by atoms with E-state index in [-0.39, 0.29) is 52.9 Å². The van der Waals surface area contributed by atoms with E-state index in [0.29, 0.717) is 31.0 Å². The first-order chi connectivity index (χ1) is 16.6. The second kappa shape index (κ2) is 9.91. The molecule has 35 heavy (non-hydrogen) atoms. The third-order valence-electron chi connectivity index (χ3n) is 6.04. The topological polar surface area (TPSA) is 80.0 Å². The first kappa shape index (κ1) is 25.1. The minimum absolute atomic E-state index is 0.000390. The van der Waals surface area contributed by atoms with Gasteiger partial charge in [-0.25, -0.2) is 0 Å². The Bertz CT molecular complexity index is 1300. The summed E-state index contributed by atoms with van der Waals surface area (Å²) in [5.74, 6) is -2.47. The molecule has 1 aliphatic rings. The van der Waals surface area contributed by atoms with Crippen molar-refractivity contribution < 1.29 is 32.2 Å². The van der Waals surface area contributed by atoms with Gasteiger partial charge < -0.3 is 14.3 Å². The second-order valence-corrected chi connectivity index (χ2v) is 8.84. The van der Waals surface area contributed by atoms with Crippen molar-refractivity contribution >= 4 is 28.5 Å². The molecule has 10 heteroatoms. The molecule has 0 spiro atoms. The first-order valence-corrected chi connectivity index (χ1v) is 11.5. The maximum absolute atomic E-state index is 14.0. The van der Waals surface area contributed by atoms with Crippen LogP contribution in [0.25, 0.3) is 22.1 Å². The van der Waals surface area contributed by atoms with Crippen molar-refractivity contribution in [2.45, 2.75) is 32.5 Å². The third kappa shape index (κ3) is 5.16. The Morgan fingerprint density at radius 2 is 1.94 bits per heavy atom. The minimum Gasteiger partial charge on any atom is -0.507 e. The number of hydrogen-bond acceptors (Lipinski definition) is 6. The van der Waals surface area contributed by atoms with Gasteiger partial charge in [0, 0.05) is 18.1 Å². The minimum atomic E-state index is -4.97. The number of halogens is 4. The summed E-state index contributed by atoms with van der Waals surface area (Å²) in [7, 11) is 0. The van der Waals surface area contributed by atoms with Crippen molar-refractivity contribution in [1.29, 1.82) is 0 Å². The van der Waals surface area contributed by atoms with Crippen LogP contribution >= 0.6 is 11.6 Å². The molecular weight excluding hydrogens is 487 g/mol. The maximum Gasteiger partial charge on any atom is 0.450 e. The van der Waals surface area contributed by atoms with Gasteiger partial charge in [-0.15, -0.1) is 0 Å². The number of fused-ring (bicyclic) bond motifs is 1. The zero-order valence-corrected chi connectivity index (χ0v) is 19.6. The Morgan fingerprint density at radius 3 is 2.60 bits per heavy atom. The summed E-state index contributed by atoms with van der Waals surface area (Å²) in [6, 6.07) is 7.93. The number of ether oxygens (including phenoxy) is 1. The van der Waals surface area contributed by atoms with E-state index in [2.05, 4.69) is 0 Å². The Hall–Kier alpha value is -3.04. The van der Waals surface area contributed by atoms with Gasteiger partial charge in [-0.3, -0.25) is 14.5 Å². The van der Waals surface area contributed by atoms with Gasteiger partial charge in [-0.1, -0.05) is 23.7 Å². The lowest BCUT2D eigenvalue weighted by Crippen LogP contribution is -2.39. The van der Waals surface area contributed by atoms with Crippen LogP contribution in [0, 0.1) is 5.92 Å². The third-order valence-corrected chi connectivity index (χ3v) is 6.29.